The quantitative estimate of drug-likeness (QED) is 0.532. The second kappa shape index (κ2) is 10.1. The highest BCUT2D eigenvalue weighted by atomic mass is 16.5. The van der Waals surface area contributed by atoms with Gasteiger partial charge in [0.2, 0.25) is 11.8 Å². The van der Waals surface area contributed by atoms with Crippen LogP contribution in [-0.4, -0.2) is 77.2 Å². The standard InChI is InChI=1S/C25H29N7O3/c1-16-11-21(28-23-19(16)7-5-8-20(23)35-4)32-24(18(13-26)14-27-32)29-25(34)17-12-22(33)31(15-17)10-6-9-30(2)3/h5,7-8,11,14,17H,6,9-10,12,15H2,1-4H3,(H,29,34). The van der Waals surface area contributed by atoms with Crippen molar-refractivity contribution >= 4 is 28.5 Å². The van der Waals surface area contributed by atoms with Gasteiger partial charge in [-0.3, -0.25) is 9.59 Å². The van der Waals surface area contributed by atoms with Crippen LogP contribution in [0.15, 0.2) is 30.5 Å². The number of fused-ring (bicyclic) bond motifs is 1. The number of amides is 2. The average molecular weight is 476 g/mol. The molecule has 3 heterocycles. The molecule has 0 saturated carbocycles. The lowest BCUT2D eigenvalue weighted by Crippen LogP contribution is -2.31. The number of likely N-dealkylation sites (tertiary alicyclic amines) is 1. The van der Waals surface area contributed by atoms with Gasteiger partial charge < -0.3 is 19.9 Å². The number of nitrogens with zero attached hydrogens (tertiary/aromatic N) is 6. The molecule has 1 fully saturated rings. The summed E-state index contributed by atoms with van der Waals surface area (Å²) >= 11 is 0. The lowest BCUT2D eigenvalue weighted by atomic mass is 10.1. The number of aromatic nitrogens is 3. The first-order chi connectivity index (χ1) is 16.8. The molecule has 1 aliphatic rings. The van der Waals surface area contributed by atoms with E-state index in [1.807, 2.05) is 45.3 Å². The zero-order chi connectivity index (χ0) is 25.1. The van der Waals surface area contributed by atoms with Crippen LogP contribution in [0.2, 0.25) is 0 Å². The Balaban J connectivity index is 1.59. The van der Waals surface area contributed by atoms with Crippen LogP contribution in [0.25, 0.3) is 16.7 Å². The van der Waals surface area contributed by atoms with Crippen molar-refractivity contribution in [3.63, 3.8) is 0 Å². The van der Waals surface area contributed by atoms with E-state index >= 15 is 0 Å². The van der Waals surface area contributed by atoms with Crippen molar-refractivity contribution < 1.29 is 14.3 Å². The van der Waals surface area contributed by atoms with Crippen molar-refractivity contribution in [2.45, 2.75) is 19.8 Å². The Morgan fingerprint density at radius 3 is 2.89 bits per heavy atom. The third kappa shape index (κ3) is 4.95. The number of pyridine rings is 1. The first-order valence-corrected chi connectivity index (χ1v) is 11.5. The van der Waals surface area contributed by atoms with E-state index in [9.17, 15) is 14.9 Å². The van der Waals surface area contributed by atoms with Gasteiger partial charge in [0.1, 0.15) is 22.9 Å². The van der Waals surface area contributed by atoms with Crippen molar-refractivity contribution in [1.82, 2.24) is 24.6 Å². The molecule has 0 aliphatic carbocycles. The zero-order valence-electron chi connectivity index (χ0n) is 20.4. The molecule has 1 aromatic carbocycles. The van der Waals surface area contributed by atoms with Gasteiger partial charge in [0, 0.05) is 24.9 Å². The smallest absolute Gasteiger partial charge is 0.230 e. The first-order valence-electron chi connectivity index (χ1n) is 11.5. The Labute approximate surface area is 204 Å². The van der Waals surface area contributed by atoms with E-state index in [0.29, 0.717) is 30.2 Å². The summed E-state index contributed by atoms with van der Waals surface area (Å²) in [7, 11) is 5.55. The summed E-state index contributed by atoms with van der Waals surface area (Å²) in [6.45, 7) is 3.80. The Morgan fingerprint density at radius 1 is 1.37 bits per heavy atom. The number of hydrogen-bond acceptors (Lipinski definition) is 7. The van der Waals surface area contributed by atoms with Gasteiger partial charge in [-0.05, 0) is 51.7 Å². The molecule has 10 heteroatoms. The van der Waals surface area contributed by atoms with E-state index in [2.05, 4.69) is 21.4 Å². The van der Waals surface area contributed by atoms with E-state index in [-0.39, 0.29) is 29.6 Å². The second-order valence-corrected chi connectivity index (χ2v) is 8.97. The molecule has 0 bridgehead atoms. The van der Waals surface area contributed by atoms with Gasteiger partial charge in [-0.25, -0.2) is 4.98 Å². The summed E-state index contributed by atoms with van der Waals surface area (Å²) in [5, 5.41) is 17.7. The number of nitriles is 1. The number of methoxy groups -OCH3 is 1. The molecule has 3 aromatic rings. The minimum atomic E-state index is -0.497. The van der Waals surface area contributed by atoms with Crippen LogP contribution in [0.1, 0.15) is 24.0 Å². The summed E-state index contributed by atoms with van der Waals surface area (Å²) in [4.78, 5) is 34.1. The van der Waals surface area contributed by atoms with Crippen molar-refractivity contribution in [3.8, 4) is 17.6 Å². The molecular weight excluding hydrogens is 446 g/mol. The topological polar surface area (TPSA) is 116 Å². The maximum Gasteiger partial charge on any atom is 0.230 e. The molecule has 2 amide bonds. The van der Waals surface area contributed by atoms with Crippen LogP contribution >= 0.6 is 0 Å². The molecule has 1 atom stereocenters. The number of nitrogens with one attached hydrogen (secondary N) is 1. The fraction of sp³-hybridized carbons (Fsp3) is 0.400. The number of hydrogen-bond donors (Lipinski definition) is 1. The number of carbonyl (C=O) groups excluding carboxylic acids is 2. The Hall–Kier alpha value is -3.97. The number of aryl methyl sites for hydroxylation is 1. The van der Waals surface area contributed by atoms with Crippen LogP contribution in [0.4, 0.5) is 5.82 Å². The molecule has 182 valence electrons. The van der Waals surface area contributed by atoms with Crippen molar-refractivity contribution in [3.05, 3.63) is 41.6 Å². The Bertz CT molecular complexity index is 1310. The summed E-state index contributed by atoms with van der Waals surface area (Å²) in [5.41, 5.74) is 1.82. The molecule has 1 N–H and O–H groups in total. The first kappa shape index (κ1) is 24.2. The average Bonchev–Trinajstić information content (AvgIpc) is 3.41. The Kier molecular flexibility index (Phi) is 6.98. The van der Waals surface area contributed by atoms with E-state index in [1.165, 1.54) is 10.9 Å². The van der Waals surface area contributed by atoms with Crippen LogP contribution in [-0.2, 0) is 9.59 Å². The number of benzene rings is 1. The molecular formula is C25H29N7O3. The SMILES string of the molecule is COc1cccc2c(C)cc(-n3ncc(C#N)c3NC(=O)C3CC(=O)N(CCCN(C)C)C3)nc12. The molecule has 1 unspecified atom stereocenters. The maximum atomic E-state index is 13.1. The van der Waals surface area contributed by atoms with Crippen LogP contribution in [0, 0.1) is 24.2 Å². The molecule has 4 rings (SSSR count). The second-order valence-electron chi connectivity index (χ2n) is 8.97. The summed E-state index contributed by atoms with van der Waals surface area (Å²) in [6, 6.07) is 9.60. The number of rotatable bonds is 8. The largest absolute Gasteiger partial charge is 0.494 e. The highest BCUT2D eigenvalue weighted by Crippen LogP contribution is 2.29. The van der Waals surface area contributed by atoms with Gasteiger partial charge in [0.25, 0.3) is 0 Å². The highest BCUT2D eigenvalue weighted by Gasteiger charge is 2.34. The molecule has 35 heavy (non-hydrogen) atoms. The molecule has 1 aliphatic heterocycles. The Morgan fingerprint density at radius 2 is 2.17 bits per heavy atom. The van der Waals surface area contributed by atoms with Crippen molar-refractivity contribution in [2.75, 3.05) is 46.2 Å². The van der Waals surface area contributed by atoms with Gasteiger partial charge in [-0.2, -0.15) is 15.0 Å². The van der Waals surface area contributed by atoms with E-state index < -0.39 is 5.92 Å². The number of carbonyl (C=O) groups is 2. The zero-order valence-corrected chi connectivity index (χ0v) is 20.4. The molecule has 2 aromatic heterocycles. The summed E-state index contributed by atoms with van der Waals surface area (Å²) in [5.74, 6) is 0.451. The fourth-order valence-electron chi connectivity index (χ4n) is 4.33. The van der Waals surface area contributed by atoms with Gasteiger partial charge >= 0.3 is 0 Å². The summed E-state index contributed by atoms with van der Waals surface area (Å²) in [6.07, 6.45) is 2.38. The molecule has 1 saturated heterocycles. The highest BCUT2D eigenvalue weighted by molar-refractivity contribution is 5.97. The molecule has 0 radical (unpaired) electrons. The predicted molar refractivity (Wildman–Crippen MR) is 131 cm³/mol. The number of para-hydroxylation sites is 1. The summed E-state index contributed by atoms with van der Waals surface area (Å²) < 4.78 is 6.91. The lowest BCUT2D eigenvalue weighted by Gasteiger charge is -2.18. The molecule has 0 spiro atoms. The monoisotopic (exact) mass is 475 g/mol. The van der Waals surface area contributed by atoms with Gasteiger partial charge in [0.05, 0.1) is 19.2 Å². The van der Waals surface area contributed by atoms with Crippen molar-refractivity contribution in [2.24, 2.45) is 5.92 Å². The van der Waals surface area contributed by atoms with E-state index in [1.54, 1.807) is 12.0 Å². The maximum absolute atomic E-state index is 13.1. The fourth-order valence-corrected chi connectivity index (χ4v) is 4.33. The third-order valence-corrected chi connectivity index (χ3v) is 6.18. The molecule has 10 nitrogen and oxygen atoms in total. The van der Waals surface area contributed by atoms with Crippen LogP contribution in [0.5, 0.6) is 5.75 Å². The van der Waals surface area contributed by atoms with Gasteiger partial charge in [0.15, 0.2) is 11.6 Å². The van der Waals surface area contributed by atoms with Gasteiger partial charge in [-0.1, -0.05) is 12.1 Å². The van der Waals surface area contributed by atoms with Crippen molar-refractivity contribution in [1.29, 1.82) is 5.26 Å². The predicted octanol–water partition coefficient (Wildman–Crippen LogP) is 2.35. The van der Waals surface area contributed by atoms with Crippen LogP contribution in [0.3, 0.4) is 0 Å². The number of anilines is 1. The normalized spacial score (nSPS) is 15.6. The number of ether oxygens (including phenoxy) is 1. The van der Waals surface area contributed by atoms with Gasteiger partial charge in [-0.15, -0.1) is 0 Å². The minimum Gasteiger partial charge on any atom is -0.494 e. The third-order valence-electron chi connectivity index (χ3n) is 6.18. The van der Waals surface area contributed by atoms with Crippen LogP contribution < -0.4 is 10.1 Å². The lowest BCUT2D eigenvalue weighted by molar-refractivity contribution is -0.128. The minimum absolute atomic E-state index is 0.0307. The van der Waals surface area contributed by atoms with E-state index in [0.717, 1.165) is 23.9 Å². The van der Waals surface area contributed by atoms with E-state index in [4.69, 9.17) is 9.72 Å².